The largest absolute Gasteiger partial charge is 0.293 e. The van der Waals surface area contributed by atoms with Crippen LogP contribution >= 0.6 is 0 Å². The van der Waals surface area contributed by atoms with Crippen LogP contribution in [0, 0.1) is 6.92 Å². The number of pyridine rings is 1. The Morgan fingerprint density at radius 3 is 2.32 bits per heavy atom. The Morgan fingerprint density at radius 2 is 1.68 bits per heavy atom. The molecular weight excluding hydrogens is 272 g/mol. The predicted molar refractivity (Wildman–Crippen MR) is 91.4 cm³/mol. The average molecular weight is 294 g/mol. The molecule has 0 N–H and O–H groups in total. The van der Waals surface area contributed by atoms with Crippen LogP contribution in [0.5, 0.6) is 0 Å². The van der Waals surface area contributed by atoms with Crippen molar-refractivity contribution in [3.8, 4) is 0 Å². The van der Waals surface area contributed by atoms with Gasteiger partial charge in [-0.3, -0.25) is 9.79 Å². The molecule has 0 fully saturated rings. The number of rotatable bonds is 4. The molecule has 0 bridgehead atoms. The van der Waals surface area contributed by atoms with E-state index in [0.717, 1.165) is 22.7 Å². The van der Waals surface area contributed by atoms with Crippen LogP contribution in [0.4, 0.5) is 5.69 Å². The number of Topliss-reactive ketones (excluding diaryl/α,β-unsaturated/α-hetero) is 1. The van der Waals surface area contributed by atoms with Crippen LogP contribution in [-0.4, -0.2) is 16.5 Å². The van der Waals surface area contributed by atoms with E-state index in [-0.39, 0.29) is 5.78 Å². The minimum Gasteiger partial charge on any atom is -0.293 e. The van der Waals surface area contributed by atoms with Crippen molar-refractivity contribution in [2.45, 2.75) is 40.5 Å². The number of carbonyl (C=O) groups excluding carboxylic acids is 1. The maximum absolute atomic E-state index is 11.5. The summed E-state index contributed by atoms with van der Waals surface area (Å²) >= 11 is 0. The average Bonchev–Trinajstić information content (AvgIpc) is 2.49. The molecule has 1 aromatic carbocycles. The van der Waals surface area contributed by atoms with Crippen molar-refractivity contribution in [2.75, 3.05) is 0 Å². The lowest BCUT2D eigenvalue weighted by molar-refractivity contribution is 0.101. The molecule has 22 heavy (non-hydrogen) atoms. The van der Waals surface area contributed by atoms with Crippen molar-refractivity contribution in [3.05, 3.63) is 58.9 Å². The molecule has 0 saturated carbocycles. The summed E-state index contributed by atoms with van der Waals surface area (Å²) in [6.45, 7) is 9.85. The summed E-state index contributed by atoms with van der Waals surface area (Å²) in [5.41, 5.74) is 5.41. The zero-order valence-corrected chi connectivity index (χ0v) is 13.8. The Labute approximate surface area is 132 Å². The zero-order chi connectivity index (χ0) is 16.3. The zero-order valence-electron chi connectivity index (χ0n) is 13.8. The standard InChI is InChI=1S/C19H22N2O/c1-12(2)16-9-6-8-13(3)19(16)20-14(4)17-10-7-11-18(21-17)15(5)22/h6-12H,1-5H3. The maximum atomic E-state index is 11.5. The van der Waals surface area contributed by atoms with Crippen LogP contribution in [0.1, 0.15) is 60.9 Å². The number of ketones is 1. The van der Waals surface area contributed by atoms with Gasteiger partial charge in [-0.1, -0.05) is 38.1 Å². The first-order valence-corrected chi connectivity index (χ1v) is 7.53. The number of hydrogen-bond acceptors (Lipinski definition) is 3. The van der Waals surface area contributed by atoms with Gasteiger partial charge in [0.1, 0.15) is 5.69 Å². The minimum absolute atomic E-state index is 0.0339. The molecule has 2 aromatic rings. The van der Waals surface area contributed by atoms with Gasteiger partial charge in [0.05, 0.1) is 17.1 Å². The fraction of sp³-hybridized carbons (Fsp3) is 0.316. The van der Waals surface area contributed by atoms with Gasteiger partial charge < -0.3 is 0 Å². The van der Waals surface area contributed by atoms with Crippen molar-refractivity contribution in [1.29, 1.82) is 0 Å². The predicted octanol–water partition coefficient (Wildman–Crippen LogP) is 4.86. The second-order valence-electron chi connectivity index (χ2n) is 5.83. The van der Waals surface area contributed by atoms with Gasteiger partial charge in [-0.15, -0.1) is 0 Å². The van der Waals surface area contributed by atoms with Crippen LogP contribution in [0.15, 0.2) is 41.4 Å². The molecule has 0 amide bonds. The molecule has 0 aliphatic rings. The van der Waals surface area contributed by atoms with Crippen LogP contribution in [-0.2, 0) is 0 Å². The highest BCUT2D eigenvalue weighted by Crippen LogP contribution is 2.30. The van der Waals surface area contributed by atoms with Gasteiger partial charge in [-0.2, -0.15) is 0 Å². The summed E-state index contributed by atoms with van der Waals surface area (Å²) in [4.78, 5) is 20.7. The van der Waals surface area contributed by atoms with Crippen molar-refractivity contribution < 1.29 is 4.79 Å². The monoisotopic (exact) mass is 294 g/mol. The van der Waals surface area contributed by atoms with Crippen LogP contribution in [0.25, 0.3) is 0 Å². The summed E-state index contributed by atoms with van der Waals surface area (Å²) in [6.07, 6.45) is 0. The fourth-order valence-corrected chi connectivity index (χ4v) is 2.36. The molecule has 3 heteroatoms. The highest BCUT2D eigenvalue weighted by atomic mass is 16.1. The number of para-hydroxylation sites is 1. The summed E-state index contributed by atoms with van der Waals surface area (Å²) in [5.74, 6) is 0.372. The summed E-state index contributed by atoms with van der Waals surface area (Å²) in [5, 5.41) is 0. The molecule has 2 rings (SSSR count). The van der Waals surface area contributed by atoms with E-state index in [4.69, 9.17) is 4.99 Å². The first kappa shape index (κ1) is 16.1. The van der Waals surface area contributed by atoms with Gasteiger partial charge in [0.2, 0.25) is 0 Å². The number of nitrogens with zero attached hydrogens (tertiary/aromatic N) is 2. The first-order chi connectivity index (χ1) is 10.4. The Bertz CT molecular complexity index is 730. The van der Waals surface area contributed by atoms with E-state index in [0.29, 0.717) is 11.6 Å². The van der Waals surface area contributed by atoms with Crippen molar-refractivity contribution in [3.63, 3.8) is 0 Å². The lowest BCUT2D eigenvalue weighted by Crippen LogP contribution is -2.04. The van der Waals surface area contributed by atoms with E-state index in [1.165, 1.54) is 12.5 Å². The fourth-order valence-electron chi connectivity index (χ4n) is 2.36. The molecule has 0 radical (unpaired) electrons. The quantitative estimate of drug-likeness (QED) is 0.597. The third-order valence-corrected chi connectivity index (χ3v) is 3.65. The third-order valence-electron chi connectivity index (χ3n) is 3.65. The van der Waals surface area contributed by atoms with Gasteiger partial charge >= 0.3 is 0 Å². The molecule has 1 aromatic heterocycles. The molecule has 0 aliphatic carbocycles. The summed E-state index contributed by atoms with van der Waals surface area (Å²) in [6, 6.07) is 11.7. The molecule has 114 valence electrons. The van der Waals surface area contributed by atoms with E-state index in [2.05, 4.69) is 44.0 Å². The van der Waals surface area contributed by atoms with Gasteiger partial charge in [0.15, 0.2) is 5.78 Å². The first-order valence-electron chi connectivity index (χ1n) is 7.53. The highest BCUT2D eigenvalue weighted by molar-refractivity contribution is 6.00. The van der Waals surface area contributed by atoms with E-state index < -0.39 is 0 Å². The second kappa shape index (κ2) is 6.65. The SMILES string of the molecule is CC(=O)c1cccc(C(C)=Nc2c(C)cccc2C(C)C)n1. The van der Waals surface area contributed by atoms with E-state index >= 15 is 0 Å². The summed E-state index contributed by atoms with van der Waals surface area (Å²) in [7, 11) is 0. The normalized spacial score (nSPS) is 11.8. The highest BCUT2D eigenvalue weighted by Gasteiger charge is 2.10. The lowest BCUT2D eigenvalue weighted by Gasteiger charge is -2.13. The smallest absolute Gasteiger partial charge is 0.178 e. The Morgan fingerprint density at radius 1 is 1.05 bits per heavy atom. The molecule has 1 heterocycles. The number of aromatic nitrogens is 1. The van der Waals surface area contributed by atoms with Crippen molar-refractivity contribution in [2.24, 2.45) is 4.99 Å². The Hall–Kier alpha value is -2.29. The number of carbonyl (C=O) groups is 1. The number of benzene rings is 1. The minimum atomic E-state index is -0.0339. The van der Waals surface area contributed by atoms with Gasteiger partial charge in [-0.05, 0) is 43.0 Å². The molecular formula is C19H22N2O. The maximum Gasteiger partial charge on any atom is 0.178 e. The number of aryl methyl sites for hydroxylation is 1. The van der Waals surface area contributed by atoms with Crippen LogP contribution < -0.4 is 0 Å². The molecule has 0 atom stereocenters. The topological polar surface area (TPSA) is 42.3 Å². The van der Waals surface area contributed by atoms with E-state index in [1.54, 1.807) is 6.07 Å². The van der Waals surface area contributed by atoms with Gasteiger partial charge in [0.25, 0.3) is 0 Å². The Balaban J connectivity index is 2.50. The number of hydrogen-bond donors (Lipinski definition) is 0. The Kier molecular flexibility index (Phi) is 4.86. The second-order valence-corrected chi connectivity index (χ2v) is 5.83. The molecule has 0 spiro atoms. The third kappa shape index (κ3) is 3.48. The van der Waals surface area contributed by atoms with Gasteiger partial charge in [-0.25, -0.2) is 4.98 Å². The number of aliphatic imine (C=N–C) groups is 1. The molecule has 0 unspecified atom stereocenters. The molecule has 0 aliphatic heterocycles. The van der Waals surface area contributed by atoms with Crippen molar-refractivity contribution in [1.82, 2.24) is 4.98 Å². The lowest BCUT2D eigenvalue weighted by atomic mass is 9.98. The van der Waals surface area contributed by atoms with Crippen LogP contribution in [0.2, 0.25) is 0 Å². The molecule has 0 saturated heterocycles. The summed E-state index contributed by atoms with van der Waals surface area (Å²) < 4.78 is 0. The van der Waals surface area contributed by atoms with Gasteiger partial charge in [0, 0.05) is 6.92 Å². The van der Waals surface area contributed by atoms with Crippen LogP contribution in [0.3, 0.4) is 0 Å². The molecule has 3 nitrogen and oxygen atoms in total. The van der Waals surface area contributed by atoms with E-state index in [9.17, 15) is 4.79 Å². The van der Waals surface area contributed by atoms with Crippen molar-refractivity contribution >= 4 is 17.2 Å². The van der Waals surface area contributed by atoms with E-state index in [1.807, 2.05) is 19.1 Å².